The van der Waals surface area contributed by atoms with Gasteiger partial charge in [-0.05, 0) is 42.5 Å². The molecule has 1 aliphatic heterocycles. The topological polar surface area (TPSA) is 79.0 Å². The van der Waals surface area contributed by atoms with Crippen molar-refractivity contribution < 1.29 is 17.9 Å². The van der Waals surface area contributed by atoms with Gasteiger partial charge in [-0.15, -0.1) is 12.4 Å². The average molecular weight is 418 g/mol. The molecule has 7 nitrogen and oxygen atoms in total. The Hall–Kier alpha value is -1.19. The SMILES string of the molecule is COCCNCC(=O)N1CCN(S(=O)(=O)c2ccc3c(c2)CCC3)CC1.Cl. The zero-order valence-corrected chi connectivity index (χ0v) is 17.3. The van der Waals surface area contributed by atoms with Crippen molar-refractivity contribution in [1.82, 2.24) is 14.5 Å². The molecular weight excluding hydrogens is 390 g/mol. The number of halogens is 1. The average Bonchev–Trinajstić information content (AvgIpc) is 3.13. The molecule has 1 aromatic rings. The van der Waals surface area contributed by atoms with Crippen LogP contribution in [0.3, 0.4) is 0 Å². The van der Waals surface area contributed by atoms with Crippen molar-refractivity contribution in [3.63, 3.8) is 0 Å². The molecule has 1 saturated heterocycles. The summed E-state index contributed by atoms with van der Waals surface area (Å²) in [5.41, 5.74) is 2.42. The van der Waals surface area contributed by atoms with Crippen LogP contribution in [-0.2, 0) is 32.4 Å². The summed E-state index contributed by atoms with van der Waals surface area (Å²) in [6.45, 7) is 2.95. The summed E-state index contributed by atoms with van der Waals surface area (Å²) in [6, 6.07) is 5.49. The molecule has 0 spiro atoms. The molecule has 0 radical (unpaired) electrons. The number of rotatable bonds is 7. The maximum atomic E-state index is 12.9. The number of amides is 1. The third-order valence-electron chi connectivity index (χ3n) is 5.06. The first-order valence-electron chi connectivity index (χ1n) is 9.12. The van der Waals surface area contributed by atoms with Gasteiger partial charge in [0.25, 0.3) is 0 Å². The Morgan fingerprint density at radius 1 is 1.15 bits per heavy atom. The number of hydrogen-bond donors (Lipinski definition) is 1. The van der Waals surface area contributed by atoms with Crippen LogP contribution in [0.2, 0.25) is 0 Å². The molecule has 0 aromatic heterocycles. The number of benzene rings is 1. The number of hydrogen-bond acceptors (Lipinski definition) is 5. The first kappa shape index (κ1) is 22.1. The molecule has 3 rings (SSSR count). The van der Waals surface area contributed by atoms with Crippen LogP contribution in [0.4, 0.5) is 0 Å². The standard InChI is InChI=1S/C18H27N3O4S.ClH/c1-25-12-7-19-14-18(22)20-8-10-21(11-9-20)26(23,24)17-6-5-15-3-2-4-16(15)13-17;/h5-6,13,19H,2-4,7-12,14H2,1H3;1H. The highest BCUT2D eigenvalue weighted by Crippen LogP contribution is 2.26. The van der Waals surface area contributed by atoms with Crippen molar-refractivity contribution in [3.05, 3.63) is 29.3 Å². The van der Waals surface area contributed by atoms with Gasteiger partial charge in [0.15, 0.2) is 0 Å². The number of carbonyl (C=O) groups excluding carboxylic acids is 1. The van der Waals surface area contributed by atoms with E-state index in [2.05, 4.69) is 5.32 Å². The Kier molecular flexibility index (Phi) is 8.05. The lowest BCUT2D eigenvalue weighted by Gasteiger charge is -2.34. The molecule has 1 N–H and O–H groups in total. The van der Waals surface area contributed by atoms with Crippen molar-refractivity contribution in [2.45, 2.75) is 24.2 Å². The number of carbonyl (C=O) groups is 1. The molecule has 0 saturated carbocycles. The largest absolute Gasteiger partial charge is 0.383 e. The maximum Gasteiger partial charge on any atom is 0.243 e. The van der Waals surface area contributed by atoms with Gasteiger partial charge < -0.3 is 15.0 Å². The van der Waals surface area contributed by atoms with Crippen molar-refractivity contribution in [2.24, 2.45) is 0 Å². The van der Waals surface area contributed by atoms with E-state index in [9.17, 15) is 13.2 Å². The van der Waals surface area contributed by atoms with E-state index in [1.807, 2.05) is 12.1 Å². The van der Waals surface area contributed by atoms with E-state index in [-0.39, 0.29) is 24.9 Å². The summed E-state index contributed by atoms with van der Waals surface area (Å²) in [5, 5.41) is 3.03. The molecule has 152 valence electrons. The second-order valence-corrected chi connectivity index (χ2v) is 8.68. The highest BCUT2D eigenvalue weighted by atomic mass is 35.5. The molecule has 2 aliphatic rings. The van der Waals surface area contributed by atoms with E-state index in [1.165, 1.54) is 9.87 Å². The molecule has 0 atom stereocenters. The van der Waals surface area contributed by atoms with E-state index in [0.717, 1.165) is 24.8 Å². The molecule has 0 bridgehead atoms. The first-order chi connectivity index (χ1) is 12.5. The van der Waals surface area contributed by atoms with Gasteiger partial charge in [0.2, 0.25) is 15.9 Å². The summed E-state index contributed by atoms with van der Waals surface area (Å²) < 4.78 is 32.2. The fourth-order valence-electron chi connectivity index (χ4n) is 3.52. The van der Waals surface area contributed by atoms with Gasteiger partial charge in [-0.1, -0.05) is 6.07 Å². The van der Waals surface area contributed by atoms with Gasteiger partial charge in [0.1, 0.15) is 0 Å². The van der Waals surface area contributed by atoms with E-state index in [1.54, 1.807) is 18.1 Å². The minimum Gasteiger partial charge on any atom is -0.383 e. The second kappa shape index (κ2) is 9.84. The van der Waals surface area contributed by atoms with Crippen LogP contribution in [0.1, 0.15) is 17.5 Å². The van der Waals surface area contributed by atoms with Gasteiger partial charge in [-0.25, -0.2) is 8.42 Å². The predicted molar refractivity (Wildman–Crippen MR) is 106 cm³/mol. The fraction of sp³-hybridized carbons (Fsp3) is 0.611. The number of methoxy groups -OCH3 is 1. The normalized spacial score (nSPS) is 17.4. The third-order valence-corrected chi connectivity index (χ3v) is 6.95. The third kappa shape index (κ3) is 5.20. The van der Waals surface area contributed by atoms with E-state index < -0.39 is 10.0 Å². The Morgan fingerprint density at radius 3 is 2.56 bits per heavy atom. The summed E-state index contributed by atoms with van der Waals surface area (Å²) in [6.07, 6.45) is 3.09. The number of aryl methyl sites for hydroxylation is 2. The highest BCUT2D eigenvalue weighted by Gasteiger charge is 2.30. The molecule has 27 heavy (non-hydrogen) atoms. The van der Waals surface area contributed by atoms with Gasteiger partial charge in [0.05, 0.1) is 18.0 Å². The Labute approximate surface area is 167 Å². The van der Waals surface area contributed by atoms with E-state index in [0.29, 0.717) is 44.2 Å². The first-order valence-corrected chi connectivity index (χ1v) is 10.6. The van der Waals surface area contributed by atoms with Crippen LogP contribution in [0.15, 0.2) is 23.1 Å². The number of nitrogens with zero attached hydrogens (tertiary/aromatic N) is 2. The van der Waals surface area contributed by atoms with Gasteiger partial charge >= 0.3 is 0 Å². The van der Waals surface area contributed by atoms with Crippen LogP contribution < -0.4 is 5.32 Å². The molecular formula is C18H28ClN3O4S. The fourth-order valence-corrected chi connectivity index (χ4v) is 4.99. The highest BCUT2D eigenvalue weighted by molar-refractivity contribution is 7.89. The molecule has 1 aliphatic carbocycles. The van der Waals surface area contributed by atoms with Gasteiger partial charge in [-0.3, -0.25) is 4.79 Å². The molecule has 1 fully saturated rings. The summed E-state index contributed by atoms with van der Waals surface area (Å²) in [5.74, 6) is -0.00400. The van der Waals surface area contributed by atoms with Crippen LogP contribution in [0, 0.1) is 0 Å². The molecule has 1 aromatic carbocycles. The van der Waals surface area contributed by atoms with E-state index in [4.69, 9.17) is 4.74 Å². The van der Waals surface area contributed by atoms with Crippen LogP contribution in [0.25, 0.3) is 0 Å². The quantitative estimate of drug-likeness (QED) is 0.659. The molecule has 1 heterocycles. The summed E-state index contributed by atoms with van der Waals surface area (Å²) in [7, 11) is -1.88. The smallest absolute Gasteiger partial charge is 0.243 e. The molecule has 1 amide bonds. The lowest BCUT2D eigenvalue weighted by Crippen LogP contribution is -2.52. The predicted octanol–water partition coefficient (Wildman–Crippen LogP) is 0.666. The zero-order valence-electron chi connectivity index (χ0n) is 15.6. The van der Waals surface area contributed by atoms with Crippen molar-refractivity contribution in [3.8, 4) is 0 Å². The Morgan fingerprint density at radius 2 is 1.85 bits per heavy atom. The van der Waals surface area contributed by atoms with Crippen molar-refractivity contribution >= 4 is 28.3 Å². The summed E-state index contributed by atoms with van der Waals surface area (Å²) >= 11 is 0. The van der Waals surface area contributed by atoms with Crippen molar-refractivity contribution in [1.29, 1.82) is 0 Å². The van der Waals surface area contributed by atoms with Crippen LogP contribution in [0.5, 0.6) is 0 Å². The number of nitrogens with one attached hydrogen (secondary N) is 1. The Balaban J connectivity index is 0.00000261. The molecule has 0 unspecified atom stereocenters. The zero-order chi connectivity index (χ0) is 18.6. The second-order valence-electron chi connectivity index (χ2n) is 6.74. The Bertz CT molecular complexity index is 749. The van der Waals surface area contributed by atoms with Crippen molar-refractivity contribution in [2.75, 3.05) is 53.0 Å². The number of piperazine rings is 1. The molecule has 9 heteroatoms. The van der Waals surface area contributed by atoms with Crippen LogP contribution in [-0.4, -0.2) is 76.5 Å². The van der Waals surface area contributed by atoms with Gasteiger partial charge in [-0.2, -0.15) is 4.31 Å². The maximum absolute atomic E-state index is 12.9. The van der Waals surface area contributed by atoms with Gasteiger partial charge in [0, 0.05) is 39.8 Å². The number of sulfonamides is 1. The number of ether oxygens (including phenoxy) is 1. The monoisotopic (exact) mass is 417 g/mol. The minimum absolute atomic E-state index is 0. The minimum atomic E-state index is -3.49. The lowest BCUT2D eigenvalue weighted by atomic mass is 10.1. The number of fused-ring (bicyclic) bond motifs is 1. The summed E-state index contributed by atoms with van der Waals surface area (Å²) in [4.78, 5) is 14.3. The van der Waals surface area contributed by atoms with E-state index >= 15 is 0 Å². The lowest BCUT2D eigenvalue weighted by molar-refractivity contribution is -0.131. The van der Waals surface area contributed by atoms with Crippen LogP contribution >= 0.6 is 12.4 Å².